The first-order chi connectivity index (χ1) is 7.91. The van der Waals surface area contributed by atoms with Crippen molar-refractivity contribution in [1.82, 2.24) is 4.90 Å². The topological polar surface area (TPSA) is 29.3 Å². The summed E-state index contributed by atoms with van der Waals surface area (Å²) >= 11 is 0. The molecule has 0 aliphatic rings. The lowest BCUT2D eigenvalue weighted by Crippen LogP contribution is -2.32. The molecule has 1 aromatic carbocycles. The summed E-state index contributed by atoms with van der Waals surface area (Å²) in [6.45, 7) is 2.70. The van der Waals surface area contributed by atoms with E-state index in [4.69, 9.17) is 5.73 Å². The van der Waals surface area contributed by atoms with Crippen molar-refractivity contribution in [2.24, 2.45) is 5.73 Å². The molecule has 0 spiro atoms. The lowest BCUT2D eigenvalue weighted by Gasteiger charge is -2.28. The summed E-state index contributed by atoms with van der Waals surface area (Å²) in [6.07, 6.45) is -4.33. The normalized spacial score (nSPS) is 14.1. The van der Waals surface area contributed by atoms with E-state index in [9.17, 15) is 13.2 Å². The second-order valence-electron chi connectivity index (χ2n) is 3.91. The summed E-state index contributed by atoms with van der Waals surface area (Å²) in [5.74, 6) is 0. The third kappa shape index (κ3) is 3.20. The zero-order valence-electron chi connectivity index (χ0n) is 9.96. The fourth-order valence-electron chi connectivity index (χ4n) is 1.81. The van der Waals surface area contributed by atoms with Gasteiger partial charge in [0, 0.05) is 12.6 Å². The average Bonchev–Trinajstić information content (AvgIpc) is 2.29. The molecular weight excluding hydrogens is 229 g/mol. The number of nitrogens with two attached hydrogens (primary N) is 1. The number of hydrogen-bond acceptors (Lipinski definition) is 2. The molecule has 0 aliphatic carbocycles. The van der Waals surface area contributed by atoms with Gasteiger partial charge < -0.3 is 5.73 Å². The van der Waals surface area contributed by atoms with Crippen molar-refractivity contribution in [3.63, 3.8) is 0 Å². The second kappa shape index (κ2) is 5.51. The van der Waals surface area contributed by atoms with E-state index in [1.807, 2.05) is 11.8 Å². The number of rotatable bonds is 4. The van der Waals surface area contributed by atoms with Gasteiger partial charge in [-0.3, -0.25) is 4.90 Å². The zero-order chi connectivity index (χ0) is 13.1. The maximum atomic E-state index is 12.9. The Kier molecular flexibility index (Phi) is 4.54. The van der Waals surface area contributed by atoms with Gasteiger partial charge in [0.2, 0.25) is 0 Å². The zero-order valence-corrected chi connectivity index (χ0v) is 9.96. The number of hydrogen-bond donors (Lipinski definition) is 1. The second-order valence-corrected chi connectivity index (χ2v) is 3.91. The van der Waals surface area contributed by atoms with E-state index in [1.54, 1.807) is 13.1 Å². The van der Waals surface area contributed by atoms with Crippen LogP contribution in [-0.2, 0) is 6.18 Å². The molecule has 2 nitrogen and oxygen atoms in total. The Balaban J connectivity index is 3.20. The summed E-state index contributed by atoms with van der Waals surface area (Å²) in [6, 6.07) is 5.19. The van der Waals surface area contributed by atoms with Crippen molar-refractivity contribution < 1.29 is 13.2 Å². The van der Waals surface area contributed by atoms with Crippen molar-refractivity contribution in [1.29, 1.82) is 0 Å². The van der Waals surface area contributed by atoms with E-state index in [0.29, 0.717) is 6.54 Å². The van der Waals surface area contributed by atoms with Crippen LogP contribution in [0.2, 0.25) is 0 Å². The van der Waals surface area contributed by atoms with Gasteiger partial charge in [-0.15, -0.1) is 0 Å². The molecule has 5 heteroatoms. The summed E-state index contributed by atoms with van der Waals surface area (Å²) in [5.41, 5.74) is 5.23. The van der Waals surface area contributed by atoms with E-state index in [-0.39, 0.29) is 12.1 Å². The monoisotopic (exact) mass is 246 g/mol. The maximum absolute atomic E-state index is 12.9. The molecule has 0 fully saturated rings. The van der Waals surface area contributed by atoms with E-state index in [2.05, 4.69) is 0 Å². The summed E-state index contributed by atoms with van der Waals surface area (Å²) < 4.78 is 38.6. The lowest BCUT2D eigenvalue weighted by molar-refractivity contribution is -0.138. The molecule has 96 valence electrons. The largest absolute Gasteiger partial charge is 0.416 e. The van der Waals surface area contributed by atoms with E-state index < -0.39 is 17.8 Å². The molecule has 0 bridgehead atoms. The standard InChI is InChI=1S/C12H17F3N2/c1-3-17(2)11(8-16)9-6-4-5-7-10(9)12(13,14)15/h4-7,11H,3,8,16H2,1-2H3. The molecule has 0 aromatic heterocycles. The molecule has 1 unspecified atom stereocenters. The van der Waals surface area contributed by atoms with Crippen molar-refractivity contribution in [2.75, 3.05) is 20.1 Å². The van der Waals surface area contributed by atoms with Crippen LogP contribution in [0.25, 0.3) is 0 Å². The Morgan fingerprint density at radius 2 is 1.88 bits per heavy atom. The fraction of sp³-hybridized carbons (Fsp3) is 0.500. The number of likely N-dealkylation sites (N-methyl/N-ethyl adjacent to an activating group) is 1. The van der Waals surface area contributed by atoms with E-state index in [1.165, 1.54) is 12.1 Å². The highest BCUT2D eigenvalue weighted by Gasteiger charge is 2.35. The van der Waals surface area contributed by atoms with Crippen LogP contribution < -0.4 is 5.73 Å². The number of nitrogens with zero attached hydrogens (tertiary/aromatic N) is 1. The first kappa shape index (κ1) is 14.0. The van der Waals surface area contributed by atoms with Crippen LogP contribution in [0, 0.1) is 0 Å². The van der Waals surface area contributed by atoms with Crippen LogP contribution in [0.3, 0.4) is 0 Å². The summed E-state index contributed by atoms with van der Waals surface area (Å²) in [5, 5.41) is 0. The molecule has 0 amide bonds. The molecular formula is C12H17F3N2. The van der Waals surface area contributed by atoms with Crippen molar-refractivity contribution >= 4 is 0 Å². The minimum absolute atomic E-state index is 0.164. The highest BCUT2D eigenvalue weighted by molar-refractivity contribution is 5.32. The summed E-state index contributed by atoms with van der Waals surface area (Å²) in [4.78, 5) is 1.81. The third-order valence-corrected chi connectivity index (χ3v) is 2.88. The smallest absolute Gasteiger partial charge is 0.329 e. The van der Waals surface area contributed by atoms with Gasteiger partial charge in [0.1, 0.15) is 0 Å². The van der Waals surface area contributed by atoms with Crippen LogP contribution >= 0.6 is 0 Å². The van der Waals surface area contributed by atoms with E-state index >= 15 is 0 Å². The molecule has 0 heterocycles. The van der Waals surface area contributed by atoms with Gasteiger partial charge in [-0.05, 0) is 25.2 Å². The Labute approximate surface area is 99.2 Å². The van der Waals surface area contributed by atoms with Crippen molar-refractivity contribution in [3.8, 4) is 0 Å². The van der Waals surface area contributed by atoms with Gasteiger partial charge in [-0.2, -0.15) is 13.2 Å². The molecule has 2 N–H and O–H groups in total. The Hall–Kier alpha value is -1.07. The number of halogens is 3. The van der Waals surface area contributed by atoms with Crippen molar-refractivity contribution in [2.45, 2.75) is 19.1 Å². The highest BCUT2D eigenvalue weighted by Crippen LogP contribution is 2.35. The predicted octanol–water partition coefficient (Wildman–Crippen LogP) is 2.66. The molecule has 0 aliphatic heterocycles. The summed E-state index contributed by atoms with van der Waals surface area (Å²) in [7, 11) is 1.77. The van der Waals surface area contributed by atoms with Gasteiger partial charge in [0.05, 0.1) is 5.56 Å². The first-order valence-electron chi connectivity index (χ1n) is 5.48. The molecule has 0 radical (unpaired) electrons. The molecule has 1 aromatic rings. The highest BCUT2D eigenvalue weighted by atomic mass is 19.4. The van der Waals surface area contributed by atoms with Gasteiger partial charge >= 0.3 is 6.18 Å². The number of benzene rings is 1. The quantitative estimate of drug-likeness (QED) is 0.885. The predicted molar refractivity (Wildman–Crippen MR) is 61.5 cm³/mol. The minimum atomic E-state index is -4.33. The average molecular weight is 246 g/mol. The Bertz CT molecular complexity index is 363. The maximum Gasteiger partial charge on any atom is 0.416 e. The van der Waals surface area contributed by atoms with Gasteiger partial charge in [0.15, 0.2) is 0 Å². The third-order valence-electron chi connectivity index (χ3n) is 2.88. The van der Waals surface area contributed by atoms with Crippen LogP contribution in [0.4, 0.5) is 13.2 Å². The lowest BCUT2D eigenvalue weighted by atomic mass is 9.99. The SMILES string of the molecule is CCN(C)C(CN)c1ccccc1C(F)(F)F. The number of alkyl halides is 3. The Morgan fingerprint density at radius 1 is 1.29 bits per heavy atom. The Morgan fingerprint density at radius 3 is 2.35 bits per heavy atom. The van der Waals surface area contributed by atoms with Gasteiger partial charge in [0.25, 0.3) is 0 Å². The molecule has 0 saturated carbocycles. The van der Waals surface area contributed by atoms with Crippen LogP contribution in [0.1, 0.15) is 24.1 Å². The first-order valence-corrected chi connectivity index (χ1v) is 5.48. The van der Waals surface area contributed by atoms with Crippen LogP contribution in [0.15, 0.2) is 24.3 Å². The van der Waals surface area contributed by atoms with E-state index in [0.717, 1.165) is 6.07 Å². The van der Waals surface area contributed by atoms with Gasteiger partial charge in [-0.1, -0.05) is 25.1 Å². The molecule has 1 atom stereocenters. The van der Waals surface area contributed by atoms with Crippen LogP contribution in [0.5, 0.6) is 0 Å². The minimum Gasteiger partial charge on any atom is -0.329 e. The molecule has 1 rings (SSSR count). The van der Waals surface area contributed by atoms with Crippen molar-refractivity contribution in [3.05, 3.63) is 35.4 Å². The fourth-order valence-corrected chi connectivity index (χ4v) is 1.81. The molecule has 0 saturated heterocycles. The van der Waals surface area contributed by atoms with Crippen LogP contribution in [-0.4, -0.2) is 25.0 Å². The molecule has 17 heavy (non-hydrogen) atoms. The van der Waals surface area contributed by atoms with Gasteiger partial charge in [-0.25, -0.2) is 0 Å².